The number of carboxylic acids is 1. The fourth-order valence-electron chi connectivity index (χ4n) is 1.98. The second-order valence-electron chi connectivity index (χ2n) is 4.19. The van der Waals surface area contributed by atoms with Crippen molar-refractivity contribution in [2.45, 2.75) is 0 Å². The van der Waals surface area contributed by atoms with Crippen LogP contribution < -0.4 is 19.9 Å². The van der Waals surface area contributed by atoms with E-state index < -0.39 is 5.97 Å². The number of methoxy groups -OCH3 is 1. The van der Waals surface area contributed by atoms with Gasteiger partial charge in [-0.1, -0.05) is 0 Å². The third kappa shape index (κ3) is 2.16. The van der Waals surface area contributed by atoms with Crippen molar-refractivity contribution in [2.24, 2.45) is 0 Å². The summed E-state index contributed by atoms with van der Waals surface area (Å²) in [4.78, 5) is 19.3. The summed E-state index contributed by atoms with van der Waals surface area (Å²) in [6.07, 6.45) is 0. The van der Waals surface area contributed by atoms with Crippen molar-refractivity contribution >= 4 is 11.8 Å². The number of hydrogen-bond acceptors (Lipinski definition) is 7. The van der Waals surface area contributed by atoms with E-state index in [0.717, 1.165) is 0 Å². The maximum atomic E-state index is 11.2. The molecule has 0 unspecified atom stereocenters. The topological polar surface area (TPSA) is 117 Å². The minimum absolute atomic E-state index is 0.0439. The number of nitrogens with two attached hydrogens (primary N) is 1. The van der Waals surface area contributed by atoms with Gasteiger partial charge in [0.2, 0.25) is 6.79 Å². The molecule has 1 aromatic heterocycles. The standard InChI is InChI=1S/C13H11N3O5/c1-19-10-9(13(17)18)15-12(16-11(10)14)6-2-3-7-8(4-6)21-5-20-7/h2-4H,5H2,1H3,(H,17,18)(H2,14,15,16). The third-order valence-electron chi connectivity index (χ3n) is 2.93. The third-order valence-corrected chi connectivity index (χ3v) is 2.93. The van der Waals surface area contributed by atoms with Crippen molar-refractivity contribution in [1.82, 2.24) is 9.97 Å². The van der Waals surface area contributed by atoms with Crippen LogP contribution in [0.2, 0.25) is 0 Å². The lowest BCUT2D eigenvalue weighted by atomic mass is 10.2. The van der Waals surface area contributed by atoms with Crippen molar-refractivity contribution in [2.75, 3.05) is 19.6 Å². The van der Waals surface area contributed by atoms with Gasteiger partial charge < -0.3 is 25.1 Å². The highest BCUT2D eigenvalue weighted by Crippen LogP contribution is 2.36. The molecule has 2 heterocycles. The van der Waals surface area contributed by atoms with Crippen molar-refractivity contribution in [3.05, 3.63) is 23.9 Å². The van der Waals surface area contributed by atoms with Gasteiger partial charge in [0.05, 0.1) is 7.11 Å². The van der Waals surface area contributed by atoms with Gasteiger partial charge >= 0.3 is 5.97 Å². The van der Waals surface area contributed by atoms with E-state index >= 15 is 0 Å². The monoisotopic (exact) mass is 289 g/mol. The van der Waals surface area contributed by atoms with Crippen LogP contribution in [0.25, 0.3) is 11.4 Å². The predicted molar refractivity (Wildman–Crippen MR) is 71.5 cm³/mol. The van der Waals surface area contributed by atoms with Crippen LogP contribution in [0.15, 0.2) is 18.2 Å². The Hall–Kier alpha value is -3.03. The van der Waals surface area contributed by atoms with Crippen molar-refractivity contribution in [1.29, 1.82) is 0 Å². The molecule has 0 fully saturated rings. The highest BCUT2D eigenvalue weighted by Gasteiger charge is 2.21. The molecule has 0 saturated carbocycles. The summed E-state index contributed by atoms with van der Waals surface area (Å²) in [6.45, 7) is 0.144. The van der Waals surface area contributed by atoms with E-state index in [4.69, 9.17) is 19.9 Å². The van der Waals surface area contributed by atoms with Gasteiger partial charge in [0.15, 0.2) is 34.6 Å². The molecule has 3 N–H and O–H groups in total. The number of nitrogens with zero attached hydrogens (tertiary/aromatic N) is 2. The Labute approximate surface area is 119 Å². The van der Waals surface area contributed by atoms with Gasteiger partial charge in [-0.25, -0.2) is 14.8 Å². The number of fused-ring (bicyclic) bond motifs is 1. The summed E-state index contributed by atoms with van der Waals surface area (Å²) in [5, 5.41) is 9.18. The van der Waals surface area contributed by atoms with Gasteiger partial charge in [0.1, 0.15) is 0 Å². The fraction of sp³-hybridized carbons (Fsp3) is 0.154. The van der Waals surface area contributed by atoms with E-state index in [1.165, 1.54) is 7.11 Å². The number of rotatable bonds is 3. The Kier molecular flexibility index (Phi) is 2.98. The molecule has 3 rings (SSSR count). The minimum Gasteiger partial charge on any atom is -0.491 e. The van der Waals surface area contributed by atoms with Crippen molar-refractivity contribution in [3.8, 4) is 28.6 Å². The number of aromatic nitrogens is 2. The summed E-state index contributed by atoms with van der Waals surface area (Å²) in [5.41, 5.74) is 6.00. The van der Waals surface area contributed by atoms with Crippen LogP contribution in [0.5, 0.6) is 17.2 Å². The highest BCUT2D eigenvalue weighted by atomic mass is 16.7. The van der Waals surface area contributed by atoms with Crippen LogP contribution in [-0.4, -0.2) is 34.9 Å². The zero-order chi connectivity index (χ0) is 15.0. The van der Waals surface area contributed by atoms with E-state index in [-0.39, 0.29) is 29.9 Å². The molecule has 1 aliphatic heterocycles. The molecule has 1 aromatic carbocycles. The number of nitrogen functional groups attached to an aromatic ring is 1. The normalized spacial score (nSPS) is 12.2. The highest BCUT2D eigenvalue weighted by molar-refractivity contribution is 5.91. The minimum atomic E-state index is -1.25. The molecule has 8 heteroatoms. The molecule has 0 bridgehead atoms. The zero-order valence-corrected chi connectivity index (χ0v) is 11.0. The number of carboxylic acid groups (broad SMARTS) is 1. The van der Waals surface area contributed by atoms with Gasteiger partial charge in [0.25, 0.3) is 0 Å². The summed E-state index contributed by atoms with van der Waals surface area (Å²) >= 11 is 0. The Balaban J connectivity index is 2.12. The second kappa shape index (κ2) is 4.82. The number of ether oxygens (including phenoxy) is 3. The van der Waals surface area contributed by atoms with Crippen LogP contribution in [0, 0.1) is 0 Å². The van der Waals surface area contributed by atoms with Crippen LogP contribution in [0.3, 0.4) is 0 Å². The Morgan fingerprint density at radius 2 is 2.10 bits per heavy atom. The lowest BCUT2D eigenvalue weighted by molar-refractivity contribution is 0.0686. The molecule has 1 aliphatic rings. The fourth-order valence-corrected chi connectivity index (χ4v) is 1.98. The Morgan fingerprint density at radius 3 is 2.81 bits per heavy atom. The smallest absolute Gasteiger partial charge is 0.358 e. The van der Waals surface area contributed by atoms with Gasteiger partial charge in [-0.2, -0.15) is 0 Å². The number of anilines is 1. The van der Waals surface area contributed by atoms with E-state index in [2.05, 4.69) is 9.97 Å². The number of benzene rings is 1. The van der Waals surface area contributed by atoms with Gasteiger partial charge in [0, 0.05) is 5.56 Å². The molecule has 0 aliphatic carbocycles. The number of aromatic carboxylic acids is 1. The molecule has 8 nitrogen and oxygen atoms in total. The van der Waals surface area contributed by atoms with Crippen molar-refractivity contribution in [3.63, 3.8) is 0 Å². The lowest BCUT2D eigenvalue weighted by Gasteiger charge is -2.09. The summed E-state index contributed by atoms with van der Waals surface area (Å²) < 4.78 is 15.4. The van der Waals surface area contributed by atoms with Gasteiger partial charge in [-0.3, -0.25) is 0 Å². The van der Waals surface area contributed by atoms with E-state index in [1.807, 2.05) is 0 Å². The van der Waals surface area contributed by atoms with Crippen LogP contribution in [0.4, 0.5) is 5.82 Å². The average molecular weight is 289 g/mol. The van der Waals surface area contributed by atoms with E-state index in [1.54, 1.807) is 18.2 Å². The molecule has 108 valence electrons. The van der Waals surface area contributed by atoms with Gasteiger partial charge in [-0.05, 0) is 18.2 Å². The SMILES string of the molecule is COc1c(N)nc(-c2ccc3c(c2)OCO3)nc1C(=O)O. The summed E-state index contributed by atoms with van der Waals surface area (Å²) in [6, 6.07) is 5.05. The molecule has 2 aromatic rings. The summed E-state index contributed by atoms with van der Waals surface area (Å²) in [7, 11) is 1.31. The second-order valence-corrected chi connectivity index (χ2v) is 4.19. The summed E-state index contributed by atoms with van der Waals surface area (Å²) in [5.74, 6) is -0.0300. The van der Waals surface area contributed by atoms with Crippen molar-refractivity contribution < 1.29 is 24.1 Å². The molecule has 0 amide bonds. The molecular weight excluding hydrogens is 278 g/mol. The maximum Gasteiger partial charge on any atom is 0.358 e. The Bertz CT molecular complexity index is 732. The van der Waals surface area contributed by atoms with E-state index in [0.29, 0.717) is 17.1 Å². The molecular formula is C13H11N3O5. The zero-order valence-electron chi connectivity index (χ0n) is 11.0. The van der Waals surface area contributed by atoms with Crippen LogP contribution >= 0.6 is 0 Å². The van der Waals surface area contributed by atoms with Crippen LogP contribution in [0.1, 0.15) is 10.5 Å². The first-order valence-electron chi connectivity index (χ1n) is 5.95. The number of carbonyl (C=O) groups is 1. The quantitative estimate of drug-likeness (QED) is 0.864. The first kappa shape index (κ1) is 13.0. The average Bonchev–Trinajstić information content (AvgIpc) is 2.93. The first-order chi connectivity index (χ1) is 10.1. The molecule has 0 radical (unpaired) electrons. The molecule has 0 saturated heterocycles. The van der Waals surface area contributed by atoms with Crippen LogP contribution in [-0.2, 0) is 0 Å². The largest absolute Gasteiger partial charge is 0.491 e. The molecule has 21 heavy (non-hydrogen) atoms. The van der Waals surface area contributed by atoms with E-state index in [9.17, 15) is 9.90 Å². The predicted octanol–water partition coefficient (Wildman–Crippen LogP) is 1.16. The van der Waals surface area contributed by atoms with Gasteiger partial charge in [-0.15, -0.1) is 0 Å². The first-order valence-corrected chi connectivity index (χ1v) is 5.95. The molecule has 0 atom stereocenters. The Morgan fingerprint density at radius 1 is 1.33 bits per heavy atom. The molecule has 0 spiro atoms. The number of hydrogen-bond donors (Lipinski definition) is 2. The maximum absolute atomic E-state index is 11.2. The lowest BCUT2D eigenvalue weighted by Crippen LogP contribution is -2.09.